The largest absolute Gasteiger partial charge is 0.481 e. The van der Waals surface area contributed by atoms with E-state index < -0.39 is 5.97 Å². The van der Waals surface area contributed by atoms with Crippen LogP contribution < -0.4 is 0 Å². The van der Waals surface area contributed by atoms with Crippen molar-refractivity contribution in [2.24, 2.45) is 0 Å². The summed E-state index contributed by atoms with van der Waals surface area (Å²) in [6.07, 6.45) is 2.68. The fourth-order valence-corrected chi connectivity index (χ4v) is 3.98. The van der Waals surface area contributed by atoms with Gasteiger partial charge in [0.05, 0.1) is 6.42 Å². The van der Waals surface area contributed by atoms with Crippen LogP contribution in [-0.2, 0) is 17.8 Å². The predicted molar refractivity (Wildman–Crippen MR) is 75.8 cm³/mol. The Balaban J connectivity index is 1.68. The van der Waals surface area contributed by atoms with E-state index in [-0.39, 0.29) is 18.5 Å². The minimum atomic E-state index is -0.825. The monoisotopic (exact) mass is 294 g/mol. The van der Waals surface area contributed by atoms with Gasteiger partial charge in [-0.15, -0.1) is 11.3 Å². The summed E-state index contributed by atoms with van der Waals surface area (Å²) in [7, 11) is 0. The van der Waals surface area contributed by atoms with Crippen LogP contribution in [0.15, 0.2) is 11.4 Å². The van der Waals surface area contributed by atoms with Gasteiger partial charge < -0.3 is 14.9 Å². The number of hydrogen-bond donors (Lipinski definition) is 1. The van der Waals surface area contributed by atoms with Crippen molar-refractivity contribution in [2.75, 3.05) is 13.1 Å². The smallest absolute Gasteiger partial charge is 0.320 e. The maximum Gasteiger partial charge on any atom is 0.320 e. The number of fused-ring (bicyclic) bond motifs is 1. The van der Waals surface area contributed by atoms with Crippen LogP contribution in [0, 0.1) is 0 Å². The van der Waals surface area contributed by atoms with Gasteiger partial charge in [-0.3, -0.25) is 4.79 Å². The molecule has 3 rings (SSSR count). The molecule has 108 valence electrons. The first kappa shape index (κ1) is 13.4. The molecule has 20 heavy (non-hydrogen) atoms. The van der Waals surface area contributed by atoms with Crippen molar-refractivity contribution in [2.45, 2.75) is 38.3 Å². The Kier molecular flexibility index (Phi) is 3.65. The second kappa shape index (κ2) is 5.44. The zero-order valence-corrected chi connectivity index (χ0v) is 12.1. The molecule has 2 aliphatic heterocycles. The number of hydrogen-bond acceptors (Lipinski definition) is 3. The lowest BCUT2D eigenvalue weighted by Gasteiger charge is -2.33. The molecule has 3 heterocycles. The van der Waals surface area contributed by atoms with E-state index in [0.29, 0.717) is 13.1 Å². The zero-order valence-electron chi connectivity index (χ0n) is 11.2. The number of carboxylic acids is 1. The molecule has 0 radical (unpaired) electrons. The molecule has 1 aromatic rings. The van der Waals surface area contributed by atoms with E-state index in [0.717, 1.165) is 25.8 Å². The quantitative estimate of drug-likeness (QED) is 0.909. The molecular weight excluding hydrogens is 276 g/mol. The van der Waals surface area contributed by atoms with Crippen molar-refractivity contribution in [1.82, 2.24) is 9.80 Å². The zero-order chi connectivity index (χ0) is 14.1. The predicted octanol–water partition coefficient (Wildman–Crippen LogP) is 2.17. The number of carbonyl (C=O) groups is 2. The van der Waals surface area contributed by atoms with Crippen LogP contribution in [0.25, 0.3) is 0 Å². The van der Waals surface area contributed by atoms with Crippen molar-refractivity contribution in [3.05, 3.63) is 21.9 Å². The maximum absolute atomic E-state index is 12.6. The van der Waals surface area contributed by atoms with Crippen LogP contribution >= 0.6 is 11.3 Å². The first-order valence-corrected chi connectivity index (χ1v) is 7.85. The van der Waals surface area contributed by atoms with Gasteiger partial charge in [0.25, 0.3) is 0 Å². The lowest BCUT2D eigenvalue weighted by atomic mass is 10.1. The highest BCUT2D eigenvalue weighted by molar-refractivity contribution is 7.10. The second-order valence-electron chi connectivity index (χ2n) is 5.41. The summed E-state index contributed by atoms with van der Waals surface area (Å²) in [5, 5.41) is 11.0. The van der Waals surface area contributed by atoms with Gasteiger partial charge >= 0.3 is 12.0 Å². The molecule has 2 amide bonds. The minimum Gasteiger partial charge on any atom is -0.481 e. The Morgan fingerprint density at radius 2 is 2.25 bits per heavy atom. The topological polar surface area (TPSA) is 60.9 Å². The summed E-state index contributed by atoms with van der Waals surface area (Å²) in [6, 6.07) is 1.95. The van der Waals surface area contributed by atoms with Crippen molar-refractivity contribution < 1.29 is 14.7 Å². The van der Waals surface area contributed by atoms with Crippen LogP contribution in [0.1, 0.15) is 29.7 Å². The average Bonchev–Trinajstić information content (AvgIpc) is 3.04. The SMILES string of the molecule is O=C(O)CC1CCCN1C(=O)N1CCc2sccc2C1. The number of nitrogens with zero attached hydrogens (tertiary/aromatic N) is 2. The third-order valence-corrected chi connectivity index (χ3v) is 5.13. The van der Waals surface area contributed by atoms with E-state index in [4.69, 9.17) is 5.11 Å². The Labute approximate surface area is 121 Å². The summed E-state index contributed by atoms with van der Waals surface area (Å²) in [4.78, 5) is 28.4. The Morgan fingerprint density at radius 1 is 1.40 bits per heavy atom. The number of carbonyl (C=O) groups excluding carboxylic acids is 1. The molecule has 6 heteroatoms. The van der Waals surface area contributed by atoms with Crippen LogP contribution in [0.5, 0.6) is 0 Å². The van der Waals surface area contributed by atoms with Gasteiger partial charge in [0.15, 0.2) is 0 Å². The van der Waals surface area contributed by atoms with Crippen LogP contribution in [0.3, 0.4) is 0 Å². The summed E-state index contributed by atoms with van der Waals surface area (Å²) < 4.78 is 0. The van der Waals surface area contributed by atoms with E-state index >= 15 is 0 Å². The lowest BCUT2D eigenvalue weighted by Crippen LogP contribution is -2.47. The highest BCUT2D eigenvalue weighted by atomic mass is 32.1. The molecule has 0 saturated carbocycles. The number of urea groups is 1. The normalized spacial score (nSPS) is 21.9. The molecule has 0 bridgehead atoms. The standard InChI is InChI=1S/C14H18N2O3S/c17-13(18)8-11-2-1-5-16(11)14(19)15-6-3-12-10(9-15)4-7-20-12/h4,7,11H,1-3,5-6,8-9H2,(H,17,18). The van der Waals surface area contributed by atoms with E-state index in [1.165, 1.54) is 10.4 Å². The molecule has 1 fully saturated rings. The number of rotatable bonds is 2. The molecule has 5 nitrogen and oxygen atoms in total. The minimum absolute atomic E-state index is 0.00519. The number of likely N-dealkylation sites (tertiary alicyclic amines) is 1. The fourth-order valence-electron chi connectivity index (χ4n) is 3.09. The Bertz CT molecular complexity index is 528. The van der Waals surface area contributed by atoms with E-state index in [9.17, 15) is 9.59 Å². The van der Waals surface area contributed by atoms with Gasteiger partial charge in [-0.2, -0.15) is 0 Å². The van der Waals surface area contributed by atoms with E-state index in [1.807, 2.05) is 4.90 Å². The molecule has 1 unspecified atom stereocenters. The average molecular weight is 294 g/mol. The van der Waals surface area contributed by atoms with E-state index in [1.54, 1.807) is 16.2 Å². The third kappa shape index (κ3) is 2.52. The summed E-state index contributed by atoms with van der Waals surface area (Å²) in [6.45, 7) is 2.08. The number of thiophene rings is 1. The van der Waals surface area contributed by atoms with Gasteiger partial charge in [0, 0.05) is 30.6 Å². The molecule has 2 aliphatic rings. The summed E-state index contributed by atoms with van der Waals surface area (Å²) in [5.41, 5.74) is 1.24. The van der Waals surface area contributed by atoms with Crippen molar-refractivity contribution in [1.29, 1.82) is 0 Å². The number of amides is 2. The molecule has 1 saturated heterocycles. The van der Waals surface area contributed by atoms with Gasteiger partial charge in [0.2, 0.25) is 0 Å². The second-order valence-corrected chi connectivity index (χ2v) is 6.41. The van der Waals surface area contributed by atoms with Crippen LogP contribution in [0.2, 0.25) is 0 Å². The van der Waals surface area contributed by atoms with E-state index in [2.05, 4.69) is 11.4 Å². The van der Waals surface area contributed by atoms with Gasteiger partial charge in [-0.1, -0.05) is 0 Å². The first-order chi connectivity index (χ1) is 9.65. The van der Waals surface area contributed by atoms with Gasteiger partial charge in [-0.05, 0) is 36.3 Å². The lowest BCUT2D eigenvalue weighted by molar-refractivity contribution is -0.138. The molecule has 0 spiro atoms. The molecule has 1 atom stereocenters. The van der Waals surface area contributed by atoms with Crippen molar-refractivity contribution in [3.63, 3.8) is 0 Å². The number of carboxylic acid groups (broad SMARTS) is 1. The van der Waals surface area contributed by atoms with Crippen LogP contribution in [-0.4, -0.2) is 46.0 Å². The van der Waals surface area contributed by atoms with Crippen molar-refractivity contribution >= 4 is 23.3 Å². The van der Waals surface area contributed by atoms with Crippen LogP contribution in [0.4, 0.5) is 4.79 Å². The Morgan fingerprint density at radius 3 is 3.05 bits per heavy atom. The summed E-state index contributed by atoms with van der Waals surface area (Å²) >= 11 is 1.75. The third-order valence-electron chi connectivity index (χ3n) is 4.11. The molecule has 1 N–H and O–H groups in total. The number of aliphatic carboxylic acids is 1. The highest BCUT2D eigenvalue weighted by Gasteiger charge is 2.34. The molecule has 0 aromatic carbocycles. The molecular formula is C14H18N2O3S. The molecule has 1 aromatic heterocycles. The fraction of sp³-hybridized carbons (Fsp3) is 0.571. The summed E-state index contributed by atoms with van der Waals surface area (Å²) in [5.74, 6) is -0.825. The van der Waals surface area contributed by atoms with Crippen molar-refractivity contribution in [3.8, 4) is 0 Å². The molecule has 0 aliphatic carbocycles. The first-order valence-electron chi connectivity index (χ1n) is 6.97. The van der Waals surface area contributed by atoms with Gasteiger partial charge in [-0.25, -0.2) is 4.79 Å². The highest BCUT2D eigenvalue weighted by Crippen LogP contribution is 2.27. The van der Waals surface area contributed by atoms with Gasteiger partial charge in [0.1, 0.15) is 0 Å². The maximum atomic E-state index is 12.6. The Hall–Kier alpha value is -1.56.